The minimum absolute atomic E-state index is 0.249. The summed E-state index contributed by atoms with van der Waals surface area (Å²) in [6.07, 6.45) is 15.2. The van der Waals surface area contributed by atoms with Crippen LogP contribution >= 0.6 is 11.6 Å². The molecule has 27 heavy (non-hydrogen) atoms. The first kappa shape index (κ1) is 20.6. The van der Waals surface area contributed by atoms with Gasteiger partial charge in [0.05, 0.1) is 0 Å². The summed E-state index contributed by atoms with van der Waals surface area (Å²) in [5, 5.41) is 0. The molecule has 0 spiro atoms. The second-order valence-electron chi connectivity index (χ2n) is 8.34. The van der Waals surface area contributed by atoms with E-state index in [1.807, 2.05) is 12.1 Å². The number of allylic oxidation sites excluding steroid dienone is 1. The molecular formula is C23H31ClF2O. The van der Waals surface area contributed by atoms with Crippen LogP contribution < -0.4 is 4.74 Å². The fourth-order valence-electron chi connectivity index (χ4n) is 4.95. The Labute approximate surface area is 167 Å². The van der Waals surface area contributed by atoms with E-state index in [1.165, 1.54) is 69.8 Å². The van der Waals surface area contributed by atoms with Crippen LogP contribution in [0.2, 0.25) is 0 Å². The highest BCUT2D eigenvalue weighted by molar-refractivity contribution is 6.25. The van der Waals surface area contributed by atoms with Crippen LogP contribution in [0.15, 0.2) is 35.9 Å². The monoisotopic (exact) mass is 396 g/mol. The summed E-state index contributed by atoms with van der Waals surface area (Å²) in [6.45, 7) is -2.75. The summed E-state index contributed by atoms with van der Waals surface area (Å²) < 4.78 is 28.9. The molecule has 0 radical (unpaired) electrons. The van der Waals surface area contributed by atoms with Crippen molar-refractivity contribution < 1.29 is 13.5 Å². The molecule has 0 unspecified atom stereocenters. The first-order chi connectivity index (χ1) is 13.1. The highest BCUT2D eigenvalue weighted by atomic mass is 35.5. The van der Waals surface area contributed by atoms with E-state index in [4.69, 9.17) is 11.6 Å². The maximum absolute atomic E-state index is 12.2. The highest BCUT2D eigenvalue weighted by Gasteiger charge is 2.25. The summed E-state index contributed by atoms with van der Waals surface area (Å²) in [5.41, 5.74) is 2.95. The zero-order chi connectivity index (χ0) is 19.1. The maximum atomic E-state index is 12.2. The fourth-order valence-corrected chi connectivity index (χ4v) is 5.16. The van der Waals surface area contributed by atoms with Gasteiger partial charge in [-0.05, 0) is 92.7 Å². The molecule has 0 atom stereocenters. The molecule has 4 heteroatoms. The average molecular weight is 397 g/mol. The predicted molar refractivity (Wildman–Crippen MR) is 107 cm³/mol. The summed E-state index contributed by atoms with van der Waals surface area (Å²) >= 11 is 5.70. The molecule has 2 aliphatic carbocycles. The topological polar surface area (TPSA) is 9.23 Å². The Balaban J connectivity index is 1.36. The Hall–Kier alpha value is -1.09. The zero-order valence-electron chi connectivity index (χ0n) is 16.0. The summed E-state index contributed by atoms with van der Waals surface area (Å²) in [6, 6.07) is 7.25. The van der Waals surface area contributed by atoms with E-state index < -0.39 is 6.61 Å². The second-order valence-corrected chi connectivity index (χ2v) is 8.59. The summed E-state index contributed by atoms with van der Waals surface area (Å²) in [7, 11) is 0. The molecule has 1 aromatic carbocycles. The van der Waals surface area contributed by atoms with Crippen LogP contribution in [0, 0.1) is 17.8 Å². The predicted octanol–water partition coefficient (Wildman–Crippen LogP) is 7.90. The number of halogens is 3. The average Bonchev–Trinajstić information content (AvgIpc) is 2.68. The van der Waals surface area contributed by atoms with Gasteiger partial charge >= 0.3 is 6.61 Å². The SMILES string of the molecule is FC(F)Oc1ccc(C2CCC(CCC3CCC(/C=C/Cl)CC3)CC2)cc1. The first-order valence-electron chi connectivity index (χ1n) is 10.5. The van der Waals surface area contributed by atoms with Gasteiger partial charge in [0.2, 0.25) is 0 Å². The lowest BCUT2D eigenvalue weighted by Gasteiger charge is -2.31. The van der Waals surface area contributed by atoms with Gasteiger partial charge in [-0.15, -0.1) is 0 Å². The van der Waals surface area contributed by atoms with Crippen LogP contribution in [-0.2, 0) is 0 Å². The van der Waals surface area contributed by atoms with Crippen LogP contribution in [0.4, 0.5) is 8.78 Å². The minimum atomic E-state index is -2.75. The van der Waals surface area contributed by atoms with E-state index in [2.05, 4.69) is 10.8 Å². The van der Waals surface area contributed by atoms with E-state index in [0.717, 1.165) is 11.8 Å². The van der Waals surface area contributed by atoms with Gasteiger partial charge in [0.1, 0.15) is 5.75 Å². The normalized spacial score (nSPS) is 29.3. The lowest BCUT2D eigenvalue weighted by atomic mass is 9.74. The molecule has 0 aromatic heterocycles. The lowest BCUT2D eigenvalue weighted by molar-refractivity contribution is -0.0498. The van der Waals surface area contributed by atoms with Crippen molar-refractivity contribution in [3.63, 3.8) is 0 Å². The number of ether oxygens (including phenoxy) is 1. The molecule has 150 valence electrons. The van der Waals surface area contributed by atoms with Crippen LogP contribution in [0.25, 0.3) is 0 Å². The maximum Gasteiger partial charge on any atom is 0.387 e. The van der Waals surface area contributed by atoms with E-state index in [9.17, 15) is 8.78 Å². The molecule has 2 aliphatic rings. The van der Waals surface area contributed by atoms with Gasteiger partial charge in [-0.25, -0.2) is 0 Å². The fraction of sp³-hybridized carbons (Fsp3) is 0.652. The zero-order valence-corrected chi connectivity index (χ0v) is 16.7. The van der Waals surface area contributed by atoms with Gasteiger partial charge in [-0.2, -0.15) is 8.78 Å². The Bertz CT molecular complexity index is 571. The van der Waals surface area contributed by atoms with Gasteiger partial charge < -0.3 is 4.74 Å². The molecule has 0 saturated heterocycles. The van der Waals surface area contributed by atoms with Crippen LogP contribution in [0.5, 0.6) is 5.75 Å². The number of rotatable bonds is 7. The Morgan fingerprint density at radius 3 is 1.96 bits per heavy atom. The molecule has 2 saturated carbocycles. The third-order valence-electron chi connectivity index (χ3n) is 6.64. The number of benzene rings is 1. The molecule has 2 fully saturated rings. The van der Waals surface area contributed by atoms with Gasteiger partial charge in [0, 0.05) is 5.54 Å². The molecule has 0 heterocycles. The Morgan fingerprint density at radius 1 is 0.889 bits per heavy atom. The molecule has 0 N–H and O–H groups in total. The molecule has 0 bridgehead atoms. The van der Waals surface area contributed by atoms with Gasteiger partial charge in [-0.1, -0.05) is 42.7 Å². The molecule has 3 rings (SSSR count). The van der Waals surface area contributed by atoms with Crippen molar-refractivity contribution in [3.8, 4) is 5.75 Å². The number of hydrogen-bond donors (Lipinski definition) is 0. The number of alkyl halides is 2. The Kier molecular flexibility index (Phi) is 7.99. The summed E-state index contributed by atoms with van der Waals surface area (Å²) in [4.78, 5) is 0. The van der Waals surface area contributed by atoms with E-state index in [0.29, 0.717) is 11.8 Å². The standard InChI is InChI=1S/C23H31ClF2O/c24-16-15-19-5-3-17(4-6-19)1-2-18-7-9-20(10-8-18)21-11-13-22(14-12-21)27-23(25)26/h11-20,23H,1-10H2/b16-15+. The molecule has 0 aliphatic heterocycles. The minimum Gasteiger partial charge on any atom is -0.435 e. The highest BCUT2D eigenvalue weighted by Crippen LogP contribution is 2.40. The quantitative estimate of drug-likeness (QED) is 0.455. The second kappa shape index (κ2) is 10.5. The third kappa shape index (κ3) is 6.48. The molecule has 1 aromatic rings. The Morgan fingerprint density at radius 2 is 1.44 bits per heavy atom. The molecule has 0 amide bonds. The van der Waals surface area contributed by atoms with Crippen LogP contribution in [0.1, 0.15) is 75.7 Å². The van der Waals surface area contributed by atoms with Crippen molar-refractivity contribution in [2.24, 2.45) is 17.8 Å². The van der Waals surface area contributed by atoms with E-state index in [1.54, 1.807) is 17.7 Å². The third-order valence-corrected chi connectivity index (χ3v) is 6.79. The number of hydrogen-bond acceptors (Lipinski definition) is 1. The molecule has 1 nitrogen and oxygen atoms in total. The van der Waals surface area contributed by atoms with Crippen LogP contribution in [-0.4, -0.2) is 6.61 Å². The van der Waals surface area contributed by atoms with Gasteiger partial charge in [0.15, 0.2) is 0 Å². The first-order valence-corrected chi connectivity index (χ1v) is 10.9. The van der Waals surface area contributed by atoms with Crippen molar-refractivity contribution in [2.45, 2.75) is 76.7 Å². The lowest BCUT2D eigenvalue weighted by Crippen LogP contribution is -2.17. The largest absolute Gasteiger partial charge is 0.435 e. The van der Waals surface area contributed by atoms with E-state index in [-0.39, 0.29) is 5.75 Å². The summed E-state index contributed by atoms with van der Waals surface area (Å²) in [5.74, 6) is 3.29. The van der Waals surface area contributed by atoms with Crippen molar-refractivity contribution >= 4 is 11.6 Å². The van der Waals surface area contributed by atoms with Crippen molar-refractivity contribution in [2.75, 3.05) is 0 Å². The molecular weight excluding hydrogens is 366 g/mol. The van der Waals surface area contributed by atoms with Crippen molar-refractivity contribution in [1.82, 2.24) is 0 Å². The van der Waals surface area contributed by atoms with Gasteiger partial charge in [-0.3, -0.25) is 0 Å². The van der Waals surface area contributed by atoms with Crippen LogP contribution in [0.3, 0.4) is 0 Å². The van der Waals surface area contributed by atoms with Crippen molar-refractivity contribution in [3.05, 3.63) is 41.4 Å². The van der Waals surface area contributed by atoms with E-state index >= 15 is 0 Å². The van der Waals surface area contributed by atoms with Crippen molar-refractivity contribution in [1.29, 1.82) is 0 Å². The smallest absolute Gasteiger partial charge is 0.387 e. The van der Waals surface area contributed by atoms with Gasteiger partial charge in [0.25, 0.3) is 0 Å².